The molecule has 0 aliphatic rings. The normalized spacial score (nSPS) is 10.3. The maximum atomic E-state index is 12.4. The molecule has 0 atom stereocenters. The third-order valence-electron chi connectivity index (χ3n) is 3.79. The number of H-pyrrole nitrogens is 1. The molecular weight excluding hydrogens is 336 g/mol. The van der Waals surface area contributed by atoms with E-state index in [4.69, 9.17) is 16.9 Å². The van der Waals surface area contributed by atoms with Crippen LogP contribution in [-0.4, -0.2) is 9.97 Å². The number of rotatable bonds is 4. The lowest BCUT2D eigenvalue weighted by molar-refractivity contribution is 0.986. The van der Waals surface area contributed by atoms with Crippen molar-refractivity contribution in [3.8, 4) is 6.07 Å². The van der Waals surface area contributed by atoms with Crippen molar-refractivity contribution in [2.45, 2.75) is 13.3 Å². The van der Waals surface area contributed by atoms with Gasteiger partial charge in [0.15, 0.2) is 0 Å². The van der Waals surface area contributed by atoms with E-state index >= 15 is 0 Å². The molecule has 6 heteroatoms. The van der Waals surface area contributed by atoms with E-state index in [2.05, 4.69) is 21.4 Å². The minimum Gasteiger partial charge on any atom is -0.326 e. The molecule has 0 aliphatic heterocycles. The van der Waals surface area contributed by atoms with Gasteiger partial charge in [0.2, 0.25) is 5.95 Å². The van der Waals surface area contributed by atoms with E-state index in [1.165, 1.54) is 0 Å². The molecule has 2 aromatic carbocycles. The number of halogens is 1. The average molecular weight is 351 g/mol. The summed E-state index contributed by atoms with van der Waals surface area (Å²) in [5, 5.41) is 12.5. The highest BCUT2D eigenvalue weighted by Crippen LogP contribution is 2.16. The predicted molar refractivity (Wildman–Crippen MR) is 98.3 cm³/mol. The van der Waals surface area contributed by atoms with Crippen LogP contribution in [0.1, 0.15) is 22.4 Å². The molecule has 2 N–H and O–H groups in total. The number of benzene rings is 2. The van der Waals surface area contributed by atoms with Gasteiger partial charge in [0.1, 0.15) is 0 Å². The molecule has 3 rings (SSSR count). The summed E-state index contributed by atoms with van der Waals surface area (Å²) >= 11 is 5.89. The highest BCUT2D eigenvalue weighted by atomic mass is 35.5. The van der Waals surface area contributed by atoms with Crippen LogP contribution in [0.2, 0.25) is 5.02 Å². The third-order valence-corrected chi connectivity index (χ3v) is 4.05. The first-order valence-electron chi connectivity index (χ1n) is 7.66. The zero-order valence-electron chi connectivity index (χ0n) is 13.5. The van der Waals surface area contributed by atoms with Crippen LogP contribution < -0.4 is 10.9 Å². The maximum Gasteiger partial charge on any atom is 0.256 e. The molecule has 0 aliphatic carbocycles. The van der Waals surface area contributed by atoms with Crippen LogP contribution in [0.5, 0.6) is 0 Å². The van der Waals surface area contributed by atoms with E-state index < -0.39 is 0 Å². The first-order valence-corrected chi connectivity index (χ1v) is 8.04. The smallest absolute Gasteiger partial charge is 0.256 e. The number of nitrogens with zero attached hydrogens (tertiary/aromatic N) is 2. The van der Waals surface area contributed by atoms with E-state index in [0.29, 0.717) is 34.2 Å². The minimum absolute atomic E-state index is 0.182. The number of hydrogen-bond donors (Lipinski definition) is 2. The topological polar surface area (TPSA) is 81.6 Å². The summed E-state index contributed by atoms with van der Waals surface area (Å²) in [7, 11) is 0. The highest BCUT2D eigenvalue weighted by Gasteiger charge is 2.09. The van der Waals surface area contributed by atoms with Crippen LogP contribution in [0.3, 0.4) is 0 Å². The Bertz CT molecular complexity index is 986. The van der Waals surface area contributed by atoms with Crippen molar-refractivity contribution in [2.24, 2.45) is 0 Å². The standard InChI is InChI=1S/C19H15ClN4O/c1-12-17(10-13-2-6-15(20)7-3-13)18(25)24-19(22-12)23-16-8-4-14(11-21)5-9-16/h2-9H,10H2,1H3,(H2,22,23,24,25). The number of aromatic amines is 1. The summed E-state index contributed by atoms with van der Waals surface area (Å²) < 4.78 is 0. The van der Waals surface area contributed by atoms with Crippen LogP contribution >= 0.6 is 11.6 Å². The van der Waals surface area contributed by atoms with E-state index in [1.807, 2.05) is 19.1 Å². The Morgan fingerprint density at radius 1 is 1.16 bits per heavy atom. The van der Waals surface area contributed by atoms with Gasteiger partial charge in [0.05, 0.1) is 17.3 Å². The van der Waals surface area contributed by atoms with Gasteiger partial charge in [-0.3, -0.25) is 9.78 Å². The Morgan fingerprint density at radius 3 is 2.44 bits per heavy atom. The Labute approximate surface area is 149 Å². The van der Waals surface area contributed by atoms with Crippen LogP contribution in [0, 0.1) is 18.3 Å². The van der Waals surface area contributed by atoms with Gasteiger partial charge in [0.25, 0.3) is 5.56 Å². The van der Waals surface area contributed by atoms with Crippen molar-refractivity contribution in [1.82, 2.24) is 9.97 Å². The molecule has 0 saturated carbocycles. The van der Waals surface area contributed by atoms with Gasteiger partial charge in [0, 0.05) is 22.7 Å². The molecule has 25 heavy (non-hydrogen) atoms. The lowest BCUT2D eigenvalue weighted by Crippen LogP contribution is -2.18. The fourth-order valence-electron chi connectivity index (χ4n) is 2.45. The number of nitriles is 1. The van der Waals surface area contributed by atoms with Gasteiger partial charge in [-0.05, 0) is 48.9 Å². The van der Waals surface area contributed by atoms with Crippen molar-refractivity contribution in [1.29, 1.82) is 5.26 Å². The van der Waals surface area contributed by atoms with Crippen LogP contribution in [0.4, 0.5) is 11.6 Å². The Morgan fingerprint density at radius 2 is 1.84 bits per heavy atom. The highest BCUT2D eigenvalue weighted by molar-refractivity contribution is 6.30. The summed E-state index contributed by atoms with van der Waals surface area (Å²) in [6.07, 6.45) is 0.489. The van der Waals surface area contributed by atoms with E-state index in [9.17, 15) is 4.79 Å². The molecule has 1 heterocycles. The van der Waals surface area contributed by atoms with Crippen molar-refractivity contribution in [3.05, 3.63) is 86.3 Å². The Hall–Kier alpha value is -3.10. The number of hydrogen-bond acceptors (Lipinski definition) is 4. The molecule has 124 valence electrons. The van der Waals surface area contributed by atoms with Crippen LogP contribution in [0.25, 0.3) is 0 Å². The summed E-state index contributed by atoms with van der Waals surface area (Å²) in [4.78, 5) is 19.6. The summed E-state index contributed by atoms with van der Waals surface area (Å²) in [5.41, 5.74) is 3.40. The molecule has 0 radical (unpaired) electrons. The molecule has 0 saturated heterocycles. The largest absolute Gasteiger partial charge is 0.326 e. The molecule has 0 unspecified atom stereocenters. The van der Waals surface area contributed by atoms with Gasteiger partial charge in [-0.2, -0.15) is 5.26 Å². The van der Waals surface area contributed by atoms with E-state index in [-0.39, 0.29) is 5.56 Å². The monoisotopic (exact) mass is 350 g/mol. The zero-order chi connectivity index (χ0) is 17.8. The first kappa shape index (κ1) is 16.7. The quantitative estimate of drug-likeness (QED) is 0.746. The van der Waals surface area contributed by atoms with E-state index in [1.54, 1.807) is 36.4 Å². The van der Waals surface area contributed by atoms with Gasteiger partial charge in [-0.1, -0.05) is 23.7 Å². The molecule has 0 amide bonds. The van der Waals surface area contributed by atoms with Crippen molar-refractivity contribution < 1.29 is 0 Å². The van der Waals surface area contributed by atoms with E-state index in [0.717, 1.165) is 11.3 Å². The number of anilines is 2. The first-order chi connectivity index (χ1) is 12.0. The second-order valence-electron chi connectivity index (χ2n) is 5.60. The number of aromatic nitrogens is 2. The molecule has 0 fully saturated rings. The lowest BCUT2D eigenvalue weighted by atomic mass is 10.1. The number of nitrogens with one attached hydrogen (secondary N) is 2. The molecule has 0 bridgehead atoms. The Kier molecular flexibility index (Phi) is 4.82. The number of aryl methyl sites for hydroxylation is 1. The van der Waals surface area contributed by atoms with Gasteiger partial charge in [-0.15, -0.1) is 0 Å². The third kappa shape index (κ3) is 4.06. The van der Waals surface area contributed by atoms with Gasteiger partial charge in [-0.25, -0.2) is 4.98 Å². The van der Waals surface area contributed by atoms with Crippen molar-refractivity contribution in [3.63, 3.8) is 0 Å². The Balaban J connectivity index is 1.83. The minimum atomic E-state index is -0.182. The predicted octanol–water partition coefficient (Wildman–Crippen LogP) is 3.94. The summed E-state index contributed by atoms with van der Waals surface area (Å²) in [5.74, 6) is 0.368. The van der Waals surface area contributed by atoms with Crippen molar-refractivity contribution >= 4 is 23.2 Å². The van der Waals surface area contributed by atoms with Gasteiger partial charge >= 0.3 is 0 Å². The summed E-state index contributed by atoms with van der Waals surface area (Å²) in [6.45, 7) is 1.81. The molecule has 1 aromatic heterocycles. The molecular formula is C19H15ClN4O. The molecule has 3 aromatic rings. The zero-order valence-corrected chi connectivity index (χ0v) is 14.3. The fraction of sp³-hybridized carbons (Fsp3) is 0.105. The molecule has 5 nitrogen and oxygen atoms in total. The van der Waals surface area contributed by atoms with Crippen LogP contribution in [-0.2, 0) is 6.42 Å². The fourth-order valence-corrected chi connectivity index (χ4v) is 2.58. The molecule has 0 spiro atoms. The van der Waals surface area contributed by atoms with Crippen molar-refractivity contribution in [2.75, 3.05) is 5.32 Å². The SMILES string of the molecule is Cc1nc(Nc2ccc(C#N)cc2)[nH]c(=O)c1Cc1ccc(Cl)cc1. The van der Waals surface area contributed by atoms with Gasteiger partial charge < -0.3 is 5.32 Å². The average Bonchev–Trinajstić information content (AvgIpc) is 2.60. The summed E-state index contributed by atoms with van der Waals surface area (Å²) in [6, 6.07) is 16.4. The second kappa shape index (κ2) is 7.20. The van der Waals surface area contributed by atoms with Crippen LogP contribution in [0.15, 0.2) is 53.3 Å². The maximum absolute atomic E-state index is 12.4. The second-order valence-corrected chi connectivity index (χ2v) is 6.03. The lowest BCUT2D eigenvalue weighted by Gasteiger charge is -2.09.